The van der Waals surface area contributed by atoms with Crippen molar-refractivity contribution in [3.8, 4) is 11.5 Å². The second-order valence-electron chi connectivity index (χ2n) is 9.94. The molecule has 142 valence electrons. The molecule has 0 aliphatic rings. The average Bonchev–Trinajstić information content (AvgIpc) is 2.36. The van der Waals surface area contributed by atoms with Gasteiger partial charge in [-0.15, -0.1) is 0 Å². The van der Waals surface area contributed by atoms with E-state index < -0.39 is 16.6 Å². The highest BCUT2D eigenvalue weighted by molar-refractivity contribution is 6.75. The topological polar surface area (TPSA) is 35.5 Å². The van der Waals surface area contributed by atoms with E-state index >= 15 is 0 Å². The number of carbonyl (C=O) groups excluding carboxylic acids is 1. The van der Waals surface area contributed by atoms with Crippen molar-refractivity contribution in [3.05, 3.63) is 23.8 Å². The largest absolute Gasteiger partial charge is 0.543 e. The van der Waals surface area contributed by atoms with Crippen LogP contribution in [0.5, 0.6) is 11.5 Å². The zero-order valence-electron chi connectivity index (χ0n) is 18.0. The van der Waals surface area contributed by atoms with Crippen LogP contribution in [-0.2, 0) is 0 Å². The van der Waals surface area contributed by atoms with Crippen molar-refractivity contribution in [3.63, 3.8) is 0 Å². The molecule has 0 bridgehead atoms. The van der Waals surface area contributed by atoms with E-state index in [0.717, 1.165) is 5.75 Å². The van der Waals surface area contributed by atoms with Crippen LogP contribution in [-0.4, -0.2) is 22.4 Å². The number of hydrogen-bond acceptors (Lipinski definition) is 3. The van der Waals surface area contributed by atoms with Gasteiger partial charge in [-0.1, -0.05) is 41.5 Å². The second-order valence-corrected chi connectivity index (χ2v) is 19.4. The van der Waals surface area contributed by atoms with Gasteiger partial charge in [-0.25, -0.2) is 0 Å². The van der Waals surface area contributed by atoms with Crippen LogP contribution < -0.4 is 8.85 Å². The molecule has 0 saturated heterocycles. The molecule has 3 nitrogen and oxygen atoms in total. The smallest absolute Gasteiger partial charge is 0.250 e. The molecule has 0 aliphatic heterocycles. The average molecular weight is 381 g/mol. The van der Waals surface area contributed by atoms with E-state index in [2.05, 4.69) is 67.7 Å². The Bertz CT molecular complexity index is 635. The maximum Gasteiger partial charge on any atom is 0.250 e. The van der Waals surface area contributed by atoms with Crippen LogP contribution in [0.4, 0.5) is 0 Å². The lowest BCUT2D eigenvalue weighted by atomic mass is 10.1. The molecule has 1 aromatic rings. The molecular formula is C20H36O3Si2. The lowest BCUT2D eigenvalue weighted by Crippen LogP contribution is -2.44. The predicted molar refractivity (Wildman–Crippen MR) is 112 cm³/mol. The molecule has 5 heteroatoms. The summed E-state index contributed by atoms with van der Waals surface area (Å²) in [7, 11) is -3.94. The Hall–Kier alpha value is -1.08. The van der Waals surface area contributed by atoms with Crippen LogP contribution in [0, 0.1) is 0 Å². The Morgan fingerprint density at radius 3 is 1.68 bits per heavy atom. The standard InChI is InChI=1S/C20H36O3Si2/c1-15(21)17-14-16(22-24(8,9)19(2,3)4)12-13-18(17)23-25(10,11)20(5,6)7/h12-14H,1-11H3. The predicted octanol–water partition coefficient (Wildman–Crippen LogP) is 6.66. The number of benzene rings is 1. The molecule has 1 aromatic carbocycles. The molecule has 25 heavy (non-hydrogen) atoms. The minimum Gasteiger partial charge on any atom is -0.543 e. The SMILES string of the molecule is CC(=O)c1cc(O[Si](C)(C)C(C)(C)C)ccc1O[Si](C)(C)C(C)(C)C. The molecule has 0 fully saturated rings. The van der Waals surface area contributed by atoms with Crippen LogP contribution in [0.25, 0.3) is 0 Å². The Morgan fingerprint density at radius 1 is 0.840 bits per heavy atom. The van der Waals surface area contributed by atoms with Gasteiger partial charge in [0.05, 0.1) is 5.56 Å². The van der Waals surface area contributed by atoms with Gasteiger partial charge in [-0.2, -0.15) is 0 Å². The zero-order valence-corrected chi connectivity index (χ0v) is 20.0. The molecule has 1 rings (SSSR count). The molecule has 0 radical (unpaired) electrons. The molecule has 0 aromatic heterocycles. The second kappa shape index (κ2) is 6.91. The maximum absolute atomic E-state index is 12.2. The third-order valence-electron chi connectivity index (χ3n) is 5.68. The highest BCUT2D eigenvalue weighted by Gasteiger charge is 2.40. The van der Waals surface area contributed by atoms with E-state index in [1.807, 2.05) is 18.2 Å². The van der Waals surface area contributed by atoms with Crippen molar-refractivity contribution in [2.75, 3.05) is 0 Å². The molecular weight excluding hydrogens is 344 g/mol. The normalized spacial score (nSPS) is 13.6. The fourth-order valence-electron chi connectivity index (χ4n) is 1.81. The fraction of sp³-hybridized carbons (Fsp3) is 0.650. The summed E-state index contributed by atoms with van der Waals surface area (Å²) in [6, 6.07) is 5.69. The number of carbonyl (C=O) groups is 1. The molecule has 0 aliphatic carbocycles. The van der Waals surface area contributed by atoms with Gasteiger partial charge in [0, 0.05) is 0 Å². The van der Waals surface area contributed by atoms with E-state index in [0.29, 0.717) is 11.3 Å². The number of rotatable bonds is 5. The third kappa shape index (κ3) is 5.20. The summed E-state index contributed by atoms with van der Waals surface area (Å²) >= 11 is 0. The van der Waals surface area contributed by atoms with Crippen molar-refractivity contribution in [2.24, 2.45) is 0 Å². The van der Waals surface area contributed by atoms with Crippen molar-refractivity contribution in [1.82, 2.24) is 0 Å². The van der Waals surface area contributed by atoms with Gasteiger partial charge in [0.2, 0.25) is 8.32 Å². The summed E-state index contributed by atoms with van der Waals surface area (Å²) in [6.45, 7) is 23.6. The number of ketones is 1. The summed E-state index contributed by atoms with van der Waals surface area (Å²) < 4.78 is 12.7. The highest BCUT2D eigenvalue weighted by Crippen LogP contribution is 2.40. The van der Waals surface area contributed by atoms with Gasteiger partial charge in [0.25, 0.3) is 8.32 Å². The Kier molecular flexibility index (Phi) is 6.07. The minimum atomic E-state index is -2.00. The van der Waals surface area contributed by atoms with Gasteiger partial charge < -0.3 is 8.85 Å². The van der Waals surface area contributed by atoms with Gasteiger partial charge in [-0.3, -0.25) is 4.79 Å². The Balaban J connectivity index is 3.24. The quantitative estimate of drug-likeness (QED) is 0.423. The molecule has 0 N–H and O–H groups in total. The third-order valence-corrected chi connectivity index (χ3v) is 14.4. The minimum absolute atomic E-state index is 0.00870. The van der Waals surface area contributed by atoms with E-state index in [-0.39, 0.29) is 15.9 Å². The van der Waals surface area contributed by atoms with Crippen molar-refractivity contribution >= 4 is 22.4 Å². The Labute approximate surface area is 156 Å². The van der Waals surface area contributed by atoms with Crippen LogP contribution in [0.15, 0.2) is 18.2 Å². The van der Waals surface area contributed by atoms with Crippen LogP contribution in [0.2, 0.25) is 36.3 Å². The summed E-state index contributed by atoms with van der Waals surface area (Å²) in [5, 5.41) is 0.192. The first kappa shape index (κ1) is 22.0. The van der Waals surface area contributed by atoms with Gasteiger partial charge >= 0.3 is 0 Å². The number of hydrogen-bond donors (Lipinski definition) is 0. The summed E-state index contributed by atoms with van der Waals surface area (Å²) in [6.07, 6.45) is 0. The molecule has 0 saturated carbocycles. The summed E-state index contributed by atoms with van der Waals surface area (Å²) in [5.41, 5.74) is 0.612. The van der Waals surface area contributed by atoms with Crippen molar-refractivity contribution < 1.29 is 13.6 Å². The lowest BCUT2D eigenvalue weighted by molar-refractivity contribution is 0.101. The zero-order chi connectivity index (χ0) is 19.8. The van der Waals surface area contributed by atoms with E-state index in [4.69, 9.17) is 8.85 Å². The first-order chi connectivity index (χ1) is 11.0. The highest BCUT2D eigenvalue weighted by atomic mass is 28.4. The first-order valence-corrected chi connectivity index (χ1v) is 14.8. The summed E-state index contributed by atoms with van der Waals surface area (Å²) in [5.74, 6) is 1.45. The maximum atomic E-state index is 12.2. The van der Waals surface area contributed by atoms with Crippen molar-refractivity contribution in [2.45, 2.75) is 84.7 Å². The monoisotopic (exact) mass is 380 g/mol. The Morgan fingerprint density at radius 2 is 1.28 bits per heavy atom. The molecule has 0 spiro atoms. The van der Waals surface area contributed by atoms with Gasteiger partial charge in [-0.05, 0) is 61.4 Å². The van der Waals surface area contributed by atoms with Gasteiger partial charge in [0.1, 0.15) is 11.5 Å². The van der Waals surface area contributed by atoms with Crippen LogP contribution >= 0.6 is 0 Å². The van der Waals surface area contributed by atoms with Crippen LogP contribution in [0.1, 0.15) is 58.8 Å². The van der Waals surface area contributed by atoms with E-state index in [1.165, 1.54) is 0 Å². The molecule has 0 unspecified atom stereocenters. The van der Waals surface area contributed by atoms with Crippen molar-refractivity contribution in [1.29, 1.82) is 0 Å². The lowest BCUT2D eigenvalue weighted by Gasteiger charge is -2.38. The fourth-order valence-corrected chi connectivity index (χ4v) is 3.87. The molecule has 0 heterocycles. The van der Waals surface area contributed by atoms with Gasteiger partial charge in [0.15, 0.2) is 5.78 Å². The number of Topliss-reactive ketones (excluding diaryl/α,β-unsaturated/α-hetero) is 1. The van der Waals surface area contributed by atoms with E-state index in [1.54, 1.807) is 6.92 Å². The molecule has 0 atom stereocenters. The first-order valence-electron chi connectivity index (χ1n) is 9.01. The van der Waals surface area contributed by atoms with E-state index in [9.17, 15) is 4.79 Å². The summed E-state index contributed by atoms with van der Waals surface area (Å²) in [4.78, 5) is 12.2. The molecule has 0 amide bonds. The van der Waals surface area contributed by atoms with Crippen LogP contribution in [0.3, 0.4) is 0 Å².